The van der Waals surface area contributed by atoms with Crippen LogP contribution in [0.25, 0.3) is 0 Å². The summed E-state index contributed by atoms with van der Waals surface area (Å²) in [6, 6.07) is 0. The van der Waals surface area contributed by atoms with Crippen LogP contribution in [0, 0.1) is 5.41 Å². The summed E-state index contributed by atoms with van der Waals surface area (Å²) in [6.07, 6.45) is -3.79. The van der Waals surface area contributed by atoms with Crippen molar-refractivity contribution in [2.75, 3.05) is 6.61 Å². The second-order valence-corrected chi connectivity index (χ2v) is 5.75. The molecular formula is C7H15B4F3O. The molecule has 0 unspecified atom stereocenters. The minimum atomic E-state index is -4.16. The molecular weight excluding hydrogens is 200 g/mol. The van der Waals surface area contributed by atoms with Gasteiger partial charge >= 0.3 is 6.18 Å². The molecule has 15 heavy (non-hydrogen) atoms. The summed E-state index contributed by atoms with van der Waals surface area (Å²) in [5, 5.41) is 7.56. The predicted molar refractivity (Wildman–Crippen MR) is 64.4 cm³/mol. The highest BCUT2D eigenvalue weighted by atomic mass is 19.4. The van der Waals surface area contributed by atoms with Crippen LogP contribution < -0.4 is 0 Å². The Labute approximate surface area is 91.8 Å². The molecule has 0 atom stereocenters. The molecule has 1 N–H and O–H groups in total. The Balaban J connectivity index is 3.07. The molecule has 0 aliphatic heterocycles. The van der Waals surface area contributed by atoms with Gasteiger partial charge in [0.05, 0.1) is 21.1 Å². The van der Waals surface area contributed by atoms with Crippen LogP contribution in [-0.2, 0) is 0 Å². The zero-order valence-corrected chi connectivity index (χ0v) is 9.70. The number of alkyl halides is 3. The SMILES string of the molecule is BC(B)(CO)C(B)(B)C1(C(F)(F)F)CC1. The average molecular weight is 215 g/mol. The molecule has 1 aliphatic rings. The van der Waals surface area contributed by atoms with Gasteiger partial charge in [-0.15, -0.1) is 0 Å². The van der Waals surface area contributed by atoms with Crippen molar-refractivity contribution in [3.05, 3.63) is 0 Å². The molecule has 0 amide bonds. The Hall–Kier alpha value is 0.00974. The topological polar surface area (TPSA) is 20.2 Å². The Bertz CT molecular complexity index is 259. The van der Waals surface area contributed by atoms with E-state index in [0.29, 0.717) is 0 Å². The van der Waals surface area contributed by atoms with Gasteiger partial charge in [0.25, 0.3) is 0 Å². The van der Waals surface area contributed by atoms with Gasteiger partial charge in [0.2, 0.25) is 0 Å². The first kappa shape index (κ1) is 13.1. The normalized spacial score (nSPS) is 21.3. The van der Waals surface area contributed by atoms with E-state index < -0.39 is 22.0 Å². The minimum absolute atomic E-state index is 0.187. The maximum Gasteiger partial charge on any atom is 0.393 e. The highest BCUT2D eigenvalue weighted by molar-refractivity contribution is 6.54. The van der Waals surface area contributed by atoms with Crippen LogP contribution in [0.1, 0.15) is 12.8 Å². The van der Waals surface area contributed by atoms with Crippen molar-refractivity contribution in [1.82, 2.24) is 0 Å². The highest BCUT2D eigenvalue weighted by Gasteiger charge is 2.72. The van der Waals surface area contributed by atoms with Crippen LogP contribution >= 0.6 is 0 Å². The lowest BCUT2D eigenvalue weighted by atomic mass is 9.26. The Morgan fingerprint density at radius 1 is 1.07 bits per heavy atom. The van der Waals surface area contributed by atoms with E-state index in [-0.39, 0.29) is 19.4 Å². The van der Waals surface area contributed by atoms with Crippen LogP contribution in [0.3, 0.4) is 0 Å². The van der Waals surface area contributed by atoms with Crippen LogP contribution in [0.15, 0.2) is 0 Å². The summed E-state index contributed by atoms with van der Waals surface area (Å²) in [5.74, 6) is 0. The zero-order valence-electron chi connectivity index (χ0n) is 9.70. The summed E-state index contributed by atoms with van der Waals surface area (Å²) in [6.45, 7) is -0.224. The van der Waals surface area contributed by atoms with Gasteiger partial charge in [-0.05, 0) is 12.8 Å². The number of halogens is 3. The summed E-state index contributed by atoms with van der Waals surface area (Å²) in [7, 11) is 6.62. The minimum Gasteiger partial charge on any atom is -0.397 e. The highest BCUT2D eigenvalue weighted by Crippen LogP contribution is 2.73. The van der Waals surface area contributed by atoms with E-state index >= 15 is 0 Å². The lowest BCUT2D eigenvalue weighted by molar-refractivity contribution is -0.193. The van der Waals surface area contributed by atoms with Crippen molar-refractivity contribution < 1.29 is 18.3 Å². The number of aliphatic hydroxyl groups excluding tert-OH is 1. The second-order valence-electron chi connectivity index (χ2n) is 5.75. The molecule has 0 heterocycles. The van der Waals surface area contributed by atoms with E-state index in [2.05, 4.69) is 0 Å². The van der Waals surface area contributed by atoms with Crippen LogP contribution in [0.4, 0.5) is 13.2 Å². The molecule has 1 aliphatic carbocycles. The molecule has 8 heteroatoms. The third kappa shape index (κ3) is 1.65. The van der Waals surface area contributed by atoms with Gasteiger partial charge in [0.1, 0.15) is 15.7 Å². The lowest BCUT2D eigenvalue weighted by Crippen LogP contribution is -2.48. The van der Waals surface area contributed by atoms with E-state index in [1.165, 1.54) is 0 Å². The maximum atomic E-state index is 13.0. The molecule has 0 aromatic heterocycles. The third-order valence-electron chi connectivity index (χ3n) is 4.58. The van der Waals surface area contributed by atoms with Crippen LogP contribution in [-0.4, -0.2) is 49.3 Å². The van der Waals surface area contributed by atoms with Crippen molar-refractivity contribution in [3.8, 4) is 0 Å². The smallest absolute Gasteiger partial charge is 0.393 e. The summed E-state index contributed by atoms with van der Waals surface area (Å²) >= 11 is 0. The monoisotopic (exact) mass is 216 g/mol. The molecule has 1 saturated carbocycles. The van der Waals surface area contributed by atoms with Gasteiger partial charge in [0.15, 0.2) is 0 Å². The van der Waals surface area contributed by atoms with Gasteiger partial charge < -0.3 is 5.11 Å². The molecule has 82 valence electrons. The molecule has 1 rings (SSSR count). The van der Waals surface area contributed by atoms with E-state index in [0.717, 1.165) is 0 Å². The Morgan fingerprint density at radius 2 is 1.47 bits per heavy atom. The van der Waals surface area contributed by atoms with E-state index in [1.54, 1.807) is 31.4 Å². The fourth-order valence-corrected chi connectivity index (χ4v) is 2.23. The fraction of sp³-hybridized carbons (Fsp3) is 1.00. The van der Waals surface area contributed by atoms with Gasteiger partial charge in [-0.25, -0.2) is 0 Å². The summed E-state index contributed by atoms with van der Waals surface area (Å²) in [5.41, 5.74) is -1.59. The number of hydrogen-bond acceptors (Lipinski definition) is 1. The number of rotatable bonds is 3. The largest absolute Gasteiger partial charge is 0.397 e. The molecule has 0 aromatic rings. The zero-order chi connectivity index (χ0) is 12.1. The van der Waals surface area contributed by atoms with E-state index in [4.69, 9.17) is 0 Å². The van der Waals surface area contributed by atoms with Crippen molar-refractivity contribution in [1.29, 1.82) is 0 Å². The summed E-state index contributed by atoms with van der Waals surface area (Å²) < 4.78 is 38.9. The molecule has 0 aromatic carbocycles. The van der Waals surface area contributed by atoms with Crippen molar-refractivity contribution in [3.63, 3.8) is 0 Å². The number of hydrogen-bond donors (Lipinski definition) is 1. The maximum absolute atomic E-state index is 13.0. The number of aliphatic hydroxyl groups is 1. The van der Waals surface area contributed by atoms with Gasteiger partial charge in [-0.3, -0.25) is 0 Å². The van der Waals surface area contributed by atoms with Gasteiger partial charge in [-0.1, -0.05) is 10.4 Å². The first-order valence-electron chi connectivity index (χ1n) is 5.19. The predicted octanol–water partition coefficient (Wildman–Crippen LogP) is -1.91. The summed E-state index contributed by atoms with van der Waals surface area (Å²) in [4.78, 5) is 0. The van der Waals surface area contributed by atoms with Crippen molar-refractivity contribution in [2.45, 2.75) is 29.4 Å². The first-order chi connectivity index (χ1) is 6.52. The first-order valence-corrected chi connectivity index (χ1v) is 5.19. The second kappa shape index (κ2) is 3.25. The quantitative estimate of drug-likeness (QED) is 0.545. The van der Waals surface area contributed by atoms with Gasteiger partial charge in [0, 0.05) is 6.61 Å². The standard InChI is InChI=1S/C7H15B4F3O/c8-5(9,3-15)6(10,11)4(1-2-4)7(12,13)14/h15H,1-3,8-11H2. The molecule has 1 fully saturated rings. The lowest BCUT2D eigenvalue weighted by Gasteiger charge is -2.48. The molecule has 0 saturated heterocycles. The van der Waals surface area contributed by atoms with Gasteiger partial charge in [-0.2, -0.15) is 13.2 Å². The van der Waals surface area contributed by atoms with Crippen molar-refractivity contribution >= 4 is 31.4 Å². The molecule has 0 radical (unpaired) electrons. The average Bonchev–Trinajstić information content (AvgIpc) is 2.81. The van der Waals surface area contributed by atoms with E-state index in [9.17, 15) is 18.3 Å². The van der Waals surface area contributed by atoms with Crippen LogP contribution in [0.5, 0.6) is 0 Å². The van der Waals surface area contributed by atoms with Crippen LogP contribution in [0.2, 0.25) is 10.4 Å². The molecule has 0 bridgehead atoms. The Kier molecular flexibility index (Phi) is 2.83. The third-order valence-corrected chi connectivity index (χ3v) is 4.58. The van der Waals surface area contributed by atoms with E-state index in [1.807, 2.05) is 0 Å². The van der Waals surface area contributed by atoms with Crippen molar-refractivity contribution in [2.24, 2.45) is 5.41 Å². The molecule has 0 spiro atoms. The fourth-order valence-electron chi connectivity index (χ4n) is 2.23. The molecule has 1 nitrogen and oxygen atoms in total. The Morgan fingerprint density at radius 3 is 1.67 bits per heavy atom.